The highest BCUT2D eigenvalue weighted by Crippen LogP contribution is 2.23. The van der Waals surface area contributed by atoms with Crippen molar-refractivity contribution in [3.8, 4) is 11.5 Å². The molecule has 0 spiro atoms. The van der Waals surface area contributed by atoms with E-state index in [4.69, 9.17) is 10.5 Å². The van der Waals surface area contributed by atoms with Crippen LogP contribution in [-0.2, 0) is 0 Å². The van der Waals surface area contributed by atoms with Gasteiger partial charge in [0, 0.05) is 6.04 Å². The fourth-order valence-corrected chi connectivity index (χ4v) is 1.65. The van der Waals surface area contributed by atoms with Gasteiger partial charge in [-0.05, 0) is 49.2 Å². The molecule has 2 aromatic carbocycles. The number of ether oxygens (including phenoxy) is 1. The molecular formula is C15H18ClNO. The van der Waals surface area contributed by atoms with Crippen molar-refractivity contribution < 1.29 is 4.74 Å². The minimum absolute atomic E-state index is 0. The predicted molar refractivity (Wildman–Crippen MR) is 77.5 cm³/mol. The molecule has 0 aliphatic carbocycles. The smallest absolute Gasteiger partial charge is 0.127 e. The van der Waals surface area contributed by atoms with E-state index in [0.29, 0.717) is 0 Å². The van der Waals surface area contributed by atoms with Crippen LogP contribution in [0.5, 0.6) is 11.5 Å². The lowest BCUT2D eigenvalue weighted by atomic mass is 10.1. The fraction of sp³-hybridized carbons (Fsp3) is 0.200. The zero-order chi connectivity index (χ0) is 12.3. The number of aryl methyl sites for hydroxylation is 1. The molecule has 0 unspecified atom stereocenters. The van der Waals surface area contributed by atoms with Gasteiger partial charge in [0.15, 0.2) is 0 Å². The van der Waals surface area contributed by atoms with E-state index in [9.17, 15) is 0 Å². The summed E-state index contributed by atoms with van der Waals surface area (Å²) in [7, 11) is 0. The first-order chi connectivity index (χ1) is 8.15. The van der Waals surface area contributed by atoms with Crippen molar-refractivity contribution in [3.05, 3.63) is 59.7 Å². The predicted octanol–water partition coefficient (Wildman–Crippen LogP) is 4.23. The maximum Gasteiger partial charge on any atom is 0.127 e. The quantitative estimate of drug-likeness (QED) is 0.899. The van der Waals surface area contributed by atoms with Crippen LogP contribution in [0.25, 0.3) is 0 Å². The molecular weight excluding hydrogens is 246 g/mol. The summed E-state index contributed by atoms with van der Waals surface area (Å²) < 4.78 is 5.75. The Balaban J connectivity index is 0.00000162. The summed E-state index contributed by atoms with van der Waals surface area (Å²) in [5.41, 5.74) is 8.10. The molecule has 0 radical (unpaired) electrons. The first kappa shape index (κ1) is 14.6. The molecule has 0 saturated carbocycles. The highest BCUT2D eigenvalue weighted by molar-refractivity contribution is 5.85. The van der Waals surface area contributed by atoms with Crippen molar-refractivity contribution in [1.82, 2.24) is 0 Å². The molecule has 18 heavy (non-hydrogen) atoms. The third-order valence-corrected chi connectivity index (χ3v) is 2.63. The summed E-state index contributed by atoms with van der Waals surface area (Å²) in [6.45, 7) is 4.02. The van der Waals surface area contributed by atoms with Crippen LogP contribution in [0.3, 0.4) is 0 Å². The normalized spacial score (nSPS) is 11.5. The molecule has 2 nitrogen and oxygen atoms in total. The molecule has 3 heteroatoms. The highest BCUT2D eigenvalue weighted by Gasteiger charge is 2.00. The molecule has 0 aliphatic heterocycles. The number of halogens is 1. The molecule has 0 aliphatic rings. The minimum atomic E-state index is 0. The van der Waals surface area contributed by atoms with E-state index in [0.717, 1.165) is 17.1 Å². The molecule has 2 N–H and O–H groups in total. The second-order valence-electron chi connectivity index (χ2n) is 4.28. The highest BCUT2D eigenvalue weighted by atomic mass is 35.5. The van der Waals surface area contributed by atoms with E-state index in [1.807, 2.05) is 62.4 Å². The maximum atomic E-state index is 5.80. The molecule has 0 amide bonds. The maximum absolute atomic E-state index is 5.80. The minimum Gasteiger partial charge on any atom is -0.457 e. The van der Waals surface area contributed by atoms with Gasteiger partial charge in [0.25, 0.3) is 0 Å². The van der Waals surface area contributed by atoms with Crippen LogP contribution in [0.15, 0.2) is 48.5 Å². The summed E-state index contributed by atoms with van der Waals surface area (Å²) in [6, 6.07) is 15.9. The van der Waals surface area contributed by atoms with E-state index in [-0.39, 0.29) is 18.4 Å². The summed E-state index contributed by atoms with van der Waals surface area (Å²) in [4.78, 5) is 0. The third-order valence-electron chi connectivity index (χ3n) is 2.63. The van der Waals surface area contributed by atoms with Gasteiger partial charge in [-0.15, -0.1) is 12.4 Å². The standard InChI is InChI=1S/C15H17NO.ClH/c1-11-4-3-5-15(10-11)17-14-8-6-13(7-9-14)12(2)16;/h3-10,12H,16H2,1-2H3;1H/t12-;/m0./s1. The Morgan fingerprint density at radius 1 is 1.00 bits per heavy atom. The van der Waals surface area contributed by atoms with Gasteiger partial charge in [-0.2, -0.15) is 0 Å². The Morgan fingerprint density at radius 3 is 2.22 bits per heavy atom. The van der Waals surface area contributed by atoms with Crippen LogP contribution in [0, 0.1) is 6.92 Å². The second kappa shape index (κ2) is 6.43. The average molecular weight is 264 g/mol. The topological polar surface area (TPSA) is 35.2 Å². The molecule has 0 fully saturated rings. The van der Waals surface area contributed by atoms with Crippen molar-refractivity contribution in [3.63, 3.8) is 0 Å². The Hall–Kier alpha value is -1.51. The van der Waals surface area contributed by atoms with Crippen molar-refractivity contribution in [1.29, 1.82) is 0 Å². The van der Waals surface area contributed by atoms with E-state index in [2.05, 4.69) is 0 Å². The summed E-state index contributed by atoms with van der Waals surface area (Å²) in [5, 5.41) is 0. The first-order valence-electron chi connectivity index (χ1n) is 5.75. The number of nitrogens with two attached hydrogens (primary N) is 1. The van der Waals surface area contributed by atoms with Gasteiger partial charge < -0.3 is 10.5 Å². The second-order valence-corrected chi connectivity index (χ2v) is 4.28. The molecule has 1 atom stereocenters. The van der Waals surface area contributed by atoms with Crippen molar-refractivity contribution in [2.24, 2.45) is 5.73 Å². The number of rotatable bonds is 3. The number of hydrogen-bond acceptors (Lipinski definition) is 2. The van der Waals surface area contributed by atoms with Gasteiger partial charge in [0.05, 0.1) is 0 Å². The zero-order valence-corrected chi connectivity index (χ0v) is 11.4. The molecule has 0 heterocycles. The van der Waals surface area contributed by atoms with Crippen LogP contribution in [0.2, 0.25) is 0 Å². The zero-order valence-electron chi connectivity index (χ0n) is 10.6. The van der Waals surface area contributed by atoms with Gasteiger partial charge >= 0.3 is 0 Å². The Morgan fingerprint density at radius 2 is 1.67 bits per heavy atom. The molecule has 0 bridgehead atoms. The average Bonchev–Trinajstić information content (AvgIpc) is 2.29. The summed E-state index contributed by atoms with van der Waals surface area (Å²) in [5.74, 6) is 1.69. The van der Waals surface area contributed by atoms with Crippen LogP contribution < -0.4 is 10.5 Å². The van der Waals surface area contributed by atoms with E-state index >= 15 is 0 Å². The summed E-state index contributed by atoms with van der Waals surface area (Å²) in [6.07, 6.45) is 0. The van der Waals surface area contributed by atoms with Crippen LogP contribution in [0.4, 0.5) is 0 Å². The van der Waals surface area contributed by atoms with Gasteiger partial charge in [-0.25, -0.2) is 0 Å². The number of benzene rings is 2. The van der Waals surface area contributed by atoms with E-state index < -0.39 is 0 Å². The van der Waals surface area contributed by atoms with Crippen LogP contribution in [0.1, 0.15) is 24.1 Å². The van der Waals surface area contributed by atoms with Crippen molar-refractivity contribution in [2.75, 3.05) is 0 Å². The van der Waals surface area contributed by atoms with E-state index in [1.54, 1.807) is 0 Å². The van der Waals surface area contributed by atoms with Crippen LogP contribution in [-0.4, -0.2) is 0 Å². The molecule has 0 saturated heterocycles. The van der Waals surface area contributed by atoms with Gasteiger partial charge in [0.2, 0.25) is 0 Å². The Bertz CT molecular complexity index is 494. The van der Waals surface area contributed by atoms with Gasteiger partial charge in [-0.1, -0.05) is 24.3 Å². The van der Waals surface area contributed by atoms with Crippen molar-refractivity contribution >= 4 is 12.4 Å². The molecule has 0 aromatic heterocycles. The third kappa shape index (κ3) is 3.76. The Kier molecular flexibility index (Phi) is 5.20. The van der Waals surface area contributed by atoms with Crippen LogP contribution >= 0.6 is 12.4 Å². The SMILES string of the molecule is Cc1cccc(Oc2ccc([C@H](C)N)cc2)c1.Cl. The summed E-state index contributed by atoms with van der Waals surface area (Å²) >= 11 is 0. The monoisotopic (exact) mass is 263 g/mol. The molecule has 2 aromatic rings. The lowest BCUT2D eigenvalue weighted by Gasteiger charge is -2.09. The fourth-order valence-electron chi connectivity index (χ4n) is 1.65. The largest absolute Gasteiger partial charge is 0.457 e. The van der Waals surface area contributed by atoms with Crippen molar-refractivity contribution in [2.45, 2.75) is 19.9 Å². The molecule has 96 valence electrons. The molecule has 2 rings (SSSR count). The Labute approximate surface area is 114 Å². The number of hydrogen-bond donors (Lipinski definition) is 1. The lowest BCUT2D eigenvalue weighted by Crippen LogP contribution is -2.04. The van der Waals surface area contributed by atoms with Gasteiger partial charge in [0.1, 0.15) is 11.5 Å². The first-order valence-corrected chi connectivity index (χ1v) is 5.75. The van der Waals surface area contributed by atoms with Gasteiger partial charge in [-0.3, -0.25) is 0 Å². The lowest BCUT2D eigenvalue weighted by molar-refractivity contribution is 0.482. The van der Waals surface area contributed by atoms with E-state index in [1.165, 1.54) is 5.56 Å².